The van der Waals surface area contributed by atoms with E-state index in [1.54, 1.807) is 32.4 Å². The van der Waals surface area contributed by atoms with Gasteiger partial charge in [0.1, 0.15) is 11.5 Å². The smallest absolute Gasteiger partial charge is 0.272 e. The molecule has 0 bridgehead atoms. The van der Waals surface area contributed by atoms with Crippen LogP contribution in [0.1, 0.15) is 33.4 Å². The van der Waals surface area contributed by atoms with E-state index in [1.165, 1.54) is 0 Å². The standard InChI is InChI=1S/C17H22N4O4/c1-24-11-5-10(6-12(7-11)25-2)15(22)9-19-17(23)16-13-8-18-4-3-14(13)20-21-16/h5-7,15,18,22H,3-4,8-9H2,1-2H3,(H,19,23)(H,20,21). The van der Waals surface area contributed by atoms with Crippen LogP contribution >= 0.6 is 0 Å². The summed E-state index contributed by atoms with van der Waals surface area (Å²) in [6, 6.07) is 5.14. The van der Waals surface area contributed by atoms with E-state index in [-0.39, 0.29) is 12.5 Å². The van der Waals surface area contributed by atoms with Gasteiger partial charge in [0, 0.05) is 43.4 Å². The van der Waals surface area contributed by atoms with E-state index >= 15 is 0 Å². The Balaban J connectivity index is 1.67. The fourth-order valence-corrected chi connectivity index (χ4v) is 2.83. The maximum atomic E-state index is 12.4. The first-order chi connectivity index (χ1) is 12.1. The topological polar surface area (TPSA) is 108 Å². The van der Waals surface area contributed by atoms with Crippen molar-refractivity contribution in [1.82, 2.24) is 20.8 Å². The van der Waals surface area contributed by atoms with Crippen molar-refractivity contribution in [3.8, 4) is 11.5 Å². The first-order valence-electron chi connectivity index (χ1n) is 8.08. The molecule has 134 valence electrons. The van der Waals surface area contributed by atoms with Crippen molar-refractivity contribution < 1.29 is 19.4 Å². The van der Waals surface area contributed by atoms with Crippen LogP contribution in [-0.2, 0) is 13.0 Å². The zero-order valence-electron chi connectivity index (χ0n) is 14.3. The van der Waals surface area contributed by atoms with Crippen molar-refractivity contribution in [2.45, 2.75) is 19.1 Å². The van der Waals surface area contributed by atoms with E-state index in [2.05, 4.69) is 20.8 Å². The SMILES string of the molecule is COc1cc(OC)cc(C(O)CNC(=O)c2n[nH]c3c2CNCC3)c1. The van der Waals surface area contributed by atoms with E-state index in [0.717, 1.165) is 24.2 Å². The van der Waals surface area contributed by atoms with E-state index in [1.807, 2.05) is 0 Å². The number of carbonyl (C=O) groups excluding carboxylic acids is 1. The molecule has 2 aromatic rings. The Morgan fingerprint density at radius 3 is 2.72 bits per heavy atom. The number of hydrogen-bond donors (Lipinski definition) is 4. The Bertz CT molecular complexity index is 737. The number of rotatable bonds is 6. The zero-order chi connectivity index (χ0) is 17.8. The van der Waals surface area contributed by atoms with E-state index in [4.69, 9.17) is 9.47 Å². The molecule has 1 aromatic carbocycles. The molecule has 1 aliphatic heterocycles. The number of aliphatic hydroxyl groups is 1. The number of aromatic nitrogens is 2. The first kappa shape index (κ1) is 17.2. The second-order valence-corrected chi connectivity index (χ2v) is 5.83. The lowest BCUT2D eigenvalue weighted by atomic mass is 10.1. The molecule has 4 N–H and O–H groups in total. The summed E-state index contributed by atoms with van der Waals surface area (Å²) in [5.41, 5.74) is 2.85. The normalized spacial score (nSPS) is 14.5. The summed E-state index contributed by atoms with van der Waals surface area (Å²) < 4.78 is 10.4. The average Bonchev–Trinajstić information content (AvgIpc) is 3.09. The van der Waals surface area contributed by atoms with Gasteiger partial charge in [-0.2, -0.15) is 5.10 Å². The average molecular weight is 346 g/mol. The number of carbonyl (C=O) groups is 1. The van der Waals surface area contributed by atoms with Crippen LogP contribution in [-0.4, -0.2) is 48.5 Å². The molecule has 1 aromatic heterocycles. The van der Waals surface area contributed by atoms with Crippen LogP contribution in [0.3, 0.4) is 0 Å². The quantitative estimate of drug-likeness (QED) is 0.608. The number of amides is 1. The molecule has 1 unspecified atom stereocenters. The van der Waals surface area contributed by atoms with Gasteiger partial charge in [-0.3, -0.25) is 9.89 Å². The number of aliphatic hydroxyl groups excluding tert-OH is 1. The largest absolute Gasteiger partial charge is 0.497 e. The minimum atomic E-state index is -0.888. The molecule has 8 heteroatoms. The molecule has 0 radical (unpaired) electrons. The number of methoxy groups -OCH3 is 2. The highest BCUT2D eigenvalue weighted by Crippen LogP contribution is 2.26. The van der Waals surface area contributed by atoms with Gasteiger partial charge in [-0.05, 0) is 17.7 Å². The fourth-order valence-electron chi connectivity index (χ4n) is 2.83. The number of ether oxygens (including phenoxy) is 2. The first-order valence-corrected chi connectivity index (χ1v) is 8.08. The van der Waals surface area contributed by atoms with Gasteiger partial charge < -0.3 is 25.2 Å². The van der Waals surface area contributed by atoms with Gasteiger partial charge in [0.2, 0.25) is 0 Å². The fraction of sp³-hybridized carbons (Fsp3) is 0.412. The molecule has 8 nitrogen and oxygen atoms in total. The third-order valence-corrected chi connectivity index (χ3v) is 4.24. The third-order valence-electron chi connectivity index (χ3n) is 4.24. The molecule has 3 rings (SSSR count). The highest BCUT2D eigenvalue weighted by atomic mass is 16.5. The Labute approximate surface area is 145 Å². The number of H-pyrrole nitrogens is 1. The van der Waals surface area contributed by atoms with Crippen LogP contribution in [0.4, 0.5) is 0 Å². The number of fused-ring (bicyclic) bond motifs is 1. The van der Waals surface area contributed by atoms with E-state index in [9.17, 15) is 9.90 Å². The maximum absolute atomic E-state index is 12.4. The van der Waals surface area contributed by atoms with Gasteiger partial charge in [0.25, 0.3) is 5.91 Å². The van der Waals surface area contributed by atoms with Crippen molar-refractivity contribution in [1.29, 1.82) is 0 Å². The van der Waals surface area contributed by atoms with Crippen molar-refractivity contribution in [2.75, 3.05) is 27.3 Å². The van der Waals surface area contributed by atoms with Gasteiger partial charge in [0.15, 0.2) is 5.69 Å². The lowest BCUT2D eigenvalue weighted by Crippen LogP contribution is -2.31. The van der Waals surface area contributed by atoms with Crippen molar-refractivity contribution in [3.05, 3.63) is 40.7 Å². The summed E-state index contributed by atoms with van der Waals surface area (Å²) in [4.78, 5) is 12.4. The van der Waals surface area contributed by atoms with E-state index < -0.39 is 6.10 Å². The zero-order valence-corrected chi connectivity index (χ0v) is 14.3. The molecular formula is C17H22N4O4. The van der Waals surface area contributed by atoms with Crippen LogP contribution in [0, 0.1) is 0 Å². The molecule has 0 fully saturated rings. The predicted molar refractivity (Wildman–Crippen MR) is 90.8 cm³/mol. The highest BCUT2D eigenvalue weighted by Gasteiger charge is 2.22. The van der Waals surface area contributed by atoms with Gasteiger partial charge in [-0.25, -0.2) is 0 Å². The third kappa shape index (κ3) is 3.75. The number of benzene rings is 1. The summed E-state index contributed by atoms with van der Waals surface area (Å²) in [7, 11) is 3.09. The molecule has 25 heavy (non-hydrogen) atoms. The number of nitrogens with zero attached hydrogens (tertiary/aromatic N) is 1. The molecule has 0 saturated heterocycles. The minimum Gasteiger partial charge on any atom is -0.497 e. The van der Waals surface area contributed by atoms with E-state index in [0.29, 0.717) is 29.3 Å². The summed E-state index contributed by atoms with van der Waals surface area (Å²) in [6.45, 7) is 1.54. The van der Waals surface area contributed by atoms with Crippen LogP contribution in [0.15, 0.2) is 18.2 Å². The van der Waals surface area contributed by atoms with Crippen molar-refractivity contribution >= 4 is 5.91 Å². The maximum Gasteiger partial charge on any atom is 0.272 e. The van der Waals surface area contributed by atoms with Gasteiger partial charge in [0.05, 0.1) is 20.3 Å². The summed E-state index contributed by atoms with van der Waals surface area (Å²) in [5.74, 6) is 0.842. The van der Waals surface area contributed by atoms with Gasteiger partial charge >= 0.3 is 0 Å². The predicted octanol–water partition coefficient (Wildman–Crippen LogP) is 0.536. The van der Waals surface area contributed by atoms with Gasteiger partial charge in [-0.15, -0.1) is 0 Å². The summed E-state index contributed by atoms with van der Waals surface area (Å²) in [5, 5.41) is 23.3. The molecule has 0 saturated carbocycles. The molecular weight excluding hydrogens is 324 g/mol. The van der Waals surface area contributed by atoms with Gasteiger partial charge in [-0.1, -0.05) is 0 Å². The number of nitrogens with one attached hydrogen (secondary N) is 3. The Morgan fingerprint density at radius 2 is 2.04 bits per heavy atom. The van der Waals surface area contributed by atoms with Crippen molar-refractivity contribution in [3.63, 3.8) is 0 Å². The molecule has 2 heterocycles. The number of hydrogen-bond acceptors (Lipinski definition) is 6. The monoisotopic (exact) mass is 346 g/mol. The highest BCUT2D eigenvalue weighted by molar-refractivity contribution is 5.94. The lowest BCUT2D eigenvalue weighted by molar-refractivity contribution is 0.0910. The lowest BCUT2D eigenvalue weighted by Gasteiger charge is -2.15. The molecule has 1 atom stereocenters. The van der Waals surface area contributed by atoms with Crippen LogP contribution in [0.25, 0.3) is 0 Å². The molecule has 0 spiro atoms. The Morgan fingerprint density at radius 1 is 1.32 bits per heavy atom. The minimum absolute atomic E-state index is 0.0597. The molecule has 0 aliphatic carbocycles. The molecule has 1 aliphatic rings. The van der Waals surface area contributed by atoms with Crippen LogP contribution in [0.5, 0.6) is 11.5 Å². The number of aromatic amines is 1. The second-order valence-electron chi connectivity index (χ2n) is 5.83. The van der Waals surface area contributed by atoms with Crippen LogP contribution in [0.2, 0.25) is 0 Å². The van der Waals surface area contributed by atoms with Crippen molar-refractivity contribution in [2.24, 2.45) is 0 Å². The Hall–Kier alpha value is -2.58. The summed E-state index contributed by atoms with van der Waals surface area (Å²) in [6.07, 6.45) is -0.0668. The Kier molecular flexibility index (Phi) is 5.20. The van der Waals surface area contributed by atoms with Crippen LogP contribution < -0.4 is 20.1 Å². The summed E-state index contributed by atoms with van der Waals surface area (Å²) >= 11 is 0. The second kappa shape index (κ2) is 7.54. The molecule has 1 amide bonds.